The molecule has 1 heterocycles. The van der Waals surface area contributed by atoms with Gasteiger partial charge in [-0.15, -0.1) is 11.8 Å². The third-order valence-corrected chi connectivity index (χ3v) is 6.42. The molecule has 0 bridgehead atoms. The van der Waals surface area contributed by atoms with Crippen molar-refractivity contribution in [2.24, 2.45) is 11.3 Å². The normalized spacial score (nSPS) is 17.1. The van der Waals surface area contributed by atoms with E-state index < -0.39 is 11.7 Å². The van der Waals surface area contributed by atoms with Crippen molar-refractivity contribution in [1.29, 1.82) is 5.26 Å². The number of aromatic nitrogens is 1. The van der Waals surface area contributed by atoms with Crippen LogP contribution in [0.3, 0.4) is 0 Å². The van der Waals surface area contributed by atoms with E-state index in [1.165, 1.54) is 11.8 Å². The number of hydrogen-bond donors (Lipinski definition) is 0. The highest BCUT2D eigenvalue weighted by Crippen LogP contribution is 2.45. The maximum Gasteiger partial charge on any atom is 0.418 e. The summed E-state index contributed by atoms with van der Waals surface area (Å²) >= 11 is 1.20. The summed E-state index contributed by atoms with van der Waals surface area (Å²) in [6, 6.07) is 11.3. The van der Waals surface area contributed by atoms with Gasteiger partial charge in [0.2, 0.25) is 0 Å². The lowest BCUT2D eigenvalue weighted by molar-refractivity contribution is -0.139. The first kappa shape index (κ1) is 20.7. The number of alkyl halides is 3. The fourth-order valence-electron chi connectivity index (χ4n) is 3.72. The maximum atomic E-state index is 14.0. The highest BCUT2D eigenvalue weighted by Gasteiger charge is 2.42. The van der Waals surface area contributed by atoms with Gasteiger partial charge in [-0.2, -0.15) is 18.4 Å². The van der Waals surface area contributed by atoms with Gasteiger partial charge in [0.15, 0.2) is 0 Å². The molecule has 0 N–H and O–H groups in total. The first-order valence-corrected chi connectivity index (χ1v) is 10.3. The summed E-state index contributed by atoms with van der Waals surface area (Å²) in [6.45, 7) is 6.16. The molecule has 1 aromatic heterocycles. The van der Waals surface area contributed by atoms with Crippen molar-refractivity contribution < 1.29 is 13.2 Å². The molecule has 0 amide bonds. The minimum Gasteiger partial charge on any atom is -0.245 e. The third-order valence-electron chi connectivity index (χ3n) is 5.37. The molecule has 0 saturated heterocycles. The third kappa shape index (κ3) is 4.35. The molecular weight excluding hydrogens is 381 g/mol. The molecule has 0 radical (unpaired) electrons. The molecule has 0 spiro atoms. The lowest BCUT2D eigenvalue weighted by Crippen LogP contribution is -2.30. The molecule has 148 valence electrons. The van der Waals surface area contributed by atoms with Crippen molar-refractivity contribution in [3.63, 3.8) is 0 Å². The van der Waals surface area contributed by atoms with Gasteiger partial charge in [0.05, 0.1) is 11.1 Å². The van der Waals surface area contributed by atoms with Crippen LogP contribution in [0.15, 0.2) is 35.4 Å². The van der Waals surface area contributed by atoms with E-state index in [9.17, 15) is 18.4 Å². The molecule has 28 heavy (non-hydrogen) atoms. The molecule has 1 aliphatic rings. The minimum atomic E-state index is -4.57. The Balaban J connectivity index is 2.05. The topological polar surface area (TPSA) is 36.7 Å². The highest BCUT2D eigenvalue weighted by molar-refractivity contribution is 7.98. The molecule has 6 heteroatoms. The number of benzene rings is 1. The number of thioether (sulfide) groups is 1. The number of hydrogen-bond acceptors (Lipinski definition) is 3. The van der Waals surface area contributed by atoms with Gasteiger partial charge in [0.25, 0.3) is 0 Å². The summed E-state index contributed by atoms with van der Waals surface area (Å²) in [5.74, 6) is 0.612. The Kier molecular flexibility index (Phi) is 5.77. The van der Waals surface area contributed by atoms with E-state index in [4.69, 9.17) is 0 Å². The summed E-state index contributed by atoms with van der Waals surface area (Å²) in [4.78, 5) is 4.53. The Morgan fingerprint density at radius 2 is 1.86 bits per heavy atom. The quantitative estimate of drug-likeness (QED) is 0.554. The Bertz CT molecular complexity index is 893. The molecule has 2 aromatic rings. The SMILES string of the molecule is CC(C)(C)C1CCc2nc(SCc3ccccc3)c(C#N)c(C(F)(F)F)c2C1. The van der Waals surface area contributed by atoms with Crippen LogP contribution < -0.4 is 0 Å². The number of aryl methyl sites for hydroxylation is 1. The van der Waals surface area contributed by atoms with Gasteiger partial charge in [0, 0.05) is 11.4 Å². The number of rotatable bonds is 3. The summed E-state index contributed by atoms with van der Waals surface area (Å²) in [5.41, 5.74) is 0.513. The van der Waals surface area contributed by atoms with Gasteiger partial charge in [-0.25, -0.2) is 4.98 Å². The molecular formula is C22H23F3N2S. The fourth-order valence-corrected chi connectivity index (χ4v) is 4.68. The van der Waals surface area contributed by atoms with E-state index >= 15 is 0 Å². The monoisotopic (exact) mass is 404 g/mol. The largest absolute Gasteiger partial charge is 0.418 e. The zero-order valence-electron chi connectivity index (χ0n) is 16.2. The van der Waals surface area contributed by atoms with Crippen LogP contribution in [0.4, 0.5) is 13.2 Å². The van der Waals surface area contributed by atoms with Crippen molar-refractivity contribution in [2.45, 2.75) is 57.0 Å². The predicted molar refractivity (Wildman–Crippen MR) is 105 cm³/mol. The van der Waals surface area contributed by atoms with Gasteiger partial charge >= 0.3 is 6.18 Å². The molecule has 1 atom stereocenters. The molecule has 1 aliphatic carbocycles. The Morgan fingerprint density at radius 1 is 1.18 bits per heavy atom. The lowest BCUT2D eigenvalue weighted by Gasteiger charge is -2.36. The average molecular weight is 405 g/mol. The molecule has 3 rings (SSSR count). The van der Waals surface area contributed by atoms with E-state index in [0.717, 1.165) is 12.0 Å². The molecule has 0 saturated carbocycles. The number of fused-ring (bicyclic) bond motifs is 1. The Labute approximate surface area is 168 Å². The molecule has 0 aliphatic heterocycles. The van der Waals surface area contributed by atoms with E-state index in [-0.39, 0.29) is 27.5 Å². The maximum absolute atomic E-state index is 14.0. The second kappa shape index (κ2) is 7.79. The van der Waals surface area contributed by atoms with E-state index in [2.05, 4.69) is 25.8 Å². The van der Waals surface area contributed by atoms with Crippen LogP contribution in [0.25, 0.3) is 0 Å². The fraction of sp³-hybridized carbons (Fsp3) is 0.455. The lowest BCUT2D eigenvalue weighted by atomic mass is 9.70. The summed E-state index contributed by atoms with van der Waals surface area (Å²) in [6.07, 6.45) is -2.92. The minimum absolute atomic E-state index is 0.0892. The van der Waals surface area contributed by atoms with Crippen LogP contribution in [0.1, 0.15) is 55.1 Å². The molecule has 1 unspecified atom stereocenters. The van der Waals surface area contributed by atoms with Gasteiger partial charge in [-0.3, -0.25) is 0 Å². The van der Waals surface area contributed by atoms with E-state index in [1.54, 1.807) is 0 Å². The van der Waals surface area contributed by atoms with Crippen LogP contribution in [0.5, 0.6) is 0 Å². The van der Waals surface area contributed by atoms with Crippen LogP contribution >= 0.6 is 11.8 Å². The number of nitrogens with zero attached hydrogens (tertiary/aromatic N) is 2. The second-order valence-electron chi connectivity index (χ2n) is 8.28. The summed E-state index contributed by atoms with van der Waals surface area (Å²) < 4.78 is 42.0. The molecule has 2 nitrogen and oxygen atoms in total. The van der Waals surface area contributed by atoms with E-state index in [0.29, 0.717) is 24.3 Å². The second-order valence-corrected chi connectivity index (χ2v) is 9.25. The van der Waals surface area contributed by atoms with Crippen molar-refractivity contribution in [3.05, 3.63) is 58.3 Å². The van der Waals surface area contributed by atoms with Crippen molar-refractivity contribution >= 4 is 11.8 Å². The van der Waals surface area contributed by atoms with Gasteiger partial charge < -0.3 is 0 Å². The van der Waals surface area contributed by atoms with Crippen LogP contribution in [-0.4, -0.2) is 4.98 Å². The van der Waals surface area contributed by atoms with Crippen LogP contribution in [-0.2, 0) is 24.8 Å². The van der Waals surface area contributed by atoms with E-state index in [1.807, 2.05) is 36.4 Å². The van der Waals surface area contributed by atoms with Gasteiger partial charge in [-0.1, -0.05) is 51.1 Å². The average Bonchev–Trinajstić information content (AvgIpc) is 2.63. The van der Waals surface area contributed by atoms with Crippen LogP contribution in [0, 0.1) is 22.7 Å². The van der Waals surface area contributed by atoms with Gasteiger partial charge in [0.1, 0.15) is 11.1 Å². The smallest absolute Gasteiger partial charge is 0.245 e. The number of halogens is 3. The zero-order valence-corrected chi connectivity index (χ0v) is 17.0. The van der Waals surface area contributed by atoms with Crippen molar-refractivity contribution in [1.82, 2.24) is 4.98 Å². The predicted octanol–water partition coefficient (Wildman–Crippen LogP) is 6.42. The Morgan fingerprint density at radius 3 is 2.43 bits per heavy atom. The standard InChI is InChI=1S/C22H23F3N2S/c1-21(2,3)15-9-10-18-16(11-15)19(22(23,24)25)17(12-26)20(27-18)28-13-14-7-5-4-6-8-14/h4-8,15H,9-11,13H2,1-3H3. The molecule has 0 fully saturated rings. The Hall–Kier alpha value is -2.00. The summed E-state index contributed by atoms with van der Waals surface area (Å²) in [5, 5.41) is 9.77. The summed E-state index contributed by atoms with van der Waals surface area (Å²) in [7, 11) is 0. The zero-order chi connectivity index (χ0) is 20.5. The first-order valence-electron chi connectivity index (χ1n) is 9.31. The van der Waals surface area contributed by atoms with Crippen LogP contribution in [0.2, 0.25) is 0 Å². The molecule has 1 aromatic carbocycles. The van der Waals surface area contributed by atoms with Gasteiger partial charge in [-0.05, 0) is 41.7 Å². The highest BCUT2D eigenvalue weighted by atomic mass is 32.2. The van der Waals surface area contributed by atoms with Crippen molar-refractivity contribution in [3.8, 4) is 6.07 Å². The number of pyridine rings is 1. The number of nitriles is 1. The van der Waals surface area contributed by atoms with Crippen molar-refractivity contribution in [2.75, 3.05) is 0 Å². The first-order chi connectivity index (χ1) is 13.1.